The van der Waals surface area contributed by atoms with Crippen molar-refractivity contribution in [3.8, 4) is 0 Å². The molecule has 1 amide bonds. The molecule has 1 atom stereocenters. The molecule has 1 aromatic heterocycles. The minimum Gasteiger partial charge on any atom is -0.349 e. The lowest BCUT2D eigenvalue weighted by atomic mass is 10.0. The summed E-state index contributed by atoms with van der Waals surface area (Å²) in [7, 11) is -1.22. The number of likely N-dealkylation sites (tertiary alicyclic amines) is 1. The van der Waals surface area contributed by atoms with Crippen molar-refractivity contribution >= 4 is 15.9 Å². The van der Waals surface area contributed by atoms with E-state index < -0.39 is 10.0 Å². The second-order valence-corrected chi connectivity index (χ2v) is 8.99. The summed E-state index contributed by atoms with van der Waals surface area (Å²) in [4.78, 5) is 14.5. The van der Waals surface area contributed by atoms with Crippen LogP contribution in [-0.4, -0.2) is 65.7 Å². The van der Waals surface area contributed by atoms with Crippen LogP contribution in [0.2, 0.25) is 0 Å². The predicted molar refractivity (Wildman–Crippen MR) is 94.2 cm³/mol. The van der Waals surface area contributed by atoms with Gasteiger partial charge in [-0.15, -0.1) is 0 Å². The number of rotatable bonds is 4. The topological polar surface area (TPSA) is 87.5 Å². The highest BCUT2D eigenvalue weighted by Crippen LogP contribution is 2.17. The minimum absolute atomic E-state index is 0.0446. The van der Waals surface area contributed by atoms with E-state index in [1.54, 1.807) is 0 Å². The molecule has 0 saturated carbocycles. The summed E-state index contributed by atoms with van der Waals surface area (Å²) in [5, 5.41) is 7.51. The van der Waals surface area contributed by atoms with Crippen molar-refractivity contribution in [3.63, 3.8) is 0 Å². The van der Waals surface area contributed by atoms with Crippen LogP contribution < -0.4 is 5.32 Å². The quantitative estimate of drug-likeness (QED) is 0.816. The standard InChI is InChI=1S/C16H27N5O3S/c1-19-7-4-3-6-15(19)16(22)17-11-13-10-14-12-20(25(2,23)24)8-5-9-21(14)18-13/h10,15H,3-9,11-12H2,1-2H3,(H,17,22)/t15-/m1/s1. The summed E-state index contributed by atoms with van der Waals surface area (Å²) >= 11 is 0. The molecule has 1 aromatic rings. The summed E-state index contributed by atoms with van der Waals surface area (Å²) < 4.78 is 27.0. The molecule has 0 spiro atoms. The summed E-state index contributed by atoms with van der Waals surface area (Å²) in [6, 6.07) is 1.84. The van der Waals surface area contributed by atoms with Crippen LogP contribution in [0.3, 0.4) is 0 Å². The average Bonchev–Trinajstić information content (AvgIpc) is 2.82. The van der Waals surface area contributed by atoms with E-state index in [1.807, 2.05) is 17.8 Å². The van der Waals surface area contributed by atoms with Crippen molar-refractivity contribution in [2.75, 3.05) is 26.4 Å². The lowest BCUT2D eigenvalue weighted by Crippen LogP contribution is -2.47. The average molecular weight is 369 g/mol. The van der Waals surface area contributed by atoms with Crippen LogP contribution in [0.25, 0.3) is 0 Å². The number of hydrogen-bond acceptors (Lipinski definition) is 5. The Labute approximate surface area is 149 Å². The number of amides is 1. The first-order valence-corrected chi connectivity index (χ1v) is 10.7. The van der Waals surface area contributed by atoms with Crippen LogP contribution in [0.5, 0.6) is 0 Å². The fourth-order valence-corrected chi connectivity index (χ4v) is 4.39. The smallest absolute Gasteiger partial charge is 0.237 e. The number of carbonyl (C=O) groups excluding carboxylic acids is 1. The summed E-state index contributed by atoms with van der Waals surface area (Å²) in [5.41, 5.74) is 1.65. The number of aryl methyl sites for hydroxylation is 1. The molecule has 0 bridgehead atoms. The Morgan fingerprint density at radius 1 is 1.28 bits per heavy atom. The zero-order valence-electron chi connectivity index (χ0n) is 14.9. The fraction of sp³-hybridized carbons (Fsp3) is 0.750. The largest absolute Gasteiger partial charge is 0.349 e. The molecule has 2 aliphatic rings. The van der Waals surface area contributed by atoms with Gasteiger partial charge in [-0.1, -0.05) is 6.42 Å². The molecule has 3 heterocycles. The molecule has 2 aliphatic heterocycles. The Kier molecular flexibility index (Phi) is 5.45. The van der Waals surface area contributed by atoms with E-state index in [0.29, 0.717) is 26.2 Å². The molecule has 25 heavy (non-hydrogen) atoms. The number of sulfonamides is 1. The number of aromatic nitrogens is 2. The van der Waals surface area contributed by atoms with Crippen molar-refractivity contribution in [2.45, 2.75) is 51.4 Å². The second kappa shape index (κ2) is 7.43. The van der Waals surface area contributed by atoms with E-state index in [2.05, 4.69) is 15.3 Å². The van der Waals surface area contributed by atoms with Gasteiger partial charge in [0.15, 0.2) is 0 Å². The summed E-state index contributed by atoms with van der Waals surface area (Å²) in [6.07, 6.45) is 5.10. The molecule has 0 aromatic carbocycles. The van der Waals surface area contributed by atoms with Crippen molar-refractivity contribution in [2.24, 2.45) is 0 Å². The van der Waals surface area contributed by atoms with Gasteiger partial charge in [-0.2, -0.15) is 9.40 Å². The van der Waals surface area contributed by atoms with Gasteiger partial charge in [0, 0.05) is 13.1 Å². The molecule has 0 radical (unpaired) electrons. The number of likely N-dealkylation sites (N-methyl/N-ethyl adjacent to an activating group) is 1. The number of hydrogen-bond donors (Lipinski definition) is 1. The van der Waals surface area contributed by atoms with Crippen molar-refractivity contribution in [1.29, 1.82) is 0 Å². The molecule has 1 N–H and O–H groups in total. The van der Waals surface area contributed by atoms with E-state index >= 15 is 0 Å². The van der Waals surface area contributed by atoms with Gasteiger partial charge in [-0.3, -0.25) is 14.4 Å². The monoisotopic (exact) mass is 369 g/mol. The highest BCUT2D eigenvalue weighted by molar-refractivity contribution is 7.88. The molecule has 1 saturated heterocycles. The number of carbonyl (C=O) groups is 1. The van der Waals surface area contributed by atoms with Gasteiger partial charge >= 0.3 is 0 Å². The van der Waals surface area contributed by atoms with E-state index in [0.717, 1.165) is 43.6 Å². The molecular weight excluding hydrogens is 342 g/mol. The van der Waals surface area contributed by atoms with E-state index in [9.17, 15) is 13.2 Å². The maximum Gasteiger partial charge on any atom is 0.237 e. The fourth-order valence-electron chi connectivity index (χ4n) is 3.56. The molecule has 8 nitrogen and oxygen atoms in total. The zero-order valence-corrected chi connectivity index (χ0v) is 15.8. The van der Waals surface area contributed by atoms with Gasteiger partial charge in [0.2, 0.25) is 15.9 Å². The van der Waals surface area contributed by atoms with Gasteiger partial charge in [0.05, 0.1) is 36.8 Å². The van der Waals surface area contributed by atoms with Gasteiger partial charge < -0.3 is 5.32 Å². The van der Waals surface area contributed by atoms with Crippen LogP contribution in [0.15, 0.2) is 6.07 Å². The number of fused-ring (bicyclic) bond motifs is 1. The zero-order chi connectivity index (χ0) is 18.0. The number of nitrogens with one attached hydrogen (secondary N) is 1. The highest BCUT2D eigenvalue weighted by Gasteiger charge is 2.26. The number of nitrogens with zero attached hydrogens (tertiary/aromatic N) is 4. The van der Waals surface area contributed by atoms with Crippen LogP contribution in [-0.2, 0) is 34.5 Å². The molecule has 140 valence electrons. The van der Waals surface area contributed by atoms with Crippen molar-refractivity contribution < 1.29 is 13.2 Å². The highest BCUT2D eigenvalue weighted by atomic mass is 32.2. The Morgan fingerprint density at radius 3 is 2.80 bits per heavy atom. The van der Waals surface area contributed by atoms with Crippen molar-refractivity contribution in [1.82, 2.24) is 24.3 Å². The van der Waals surface area contributed by atoms with Crippen LogP contribution in [0.4, 0.5) is 0 Å². The Bertz CT molecular complexity index is 730. The van der Waals surface area contributed by atoms with Crippen LogP contribution in [0.1, 0.15) is 37.1 Å². The Balaban J connectivity index is 1.62. The van der Waals surface area contributed by atoms with E-state index in [-0.39, 0.29) is 11.9 Å². The molecule has 1 fully saturated rings. The molecular formula is C16H27N5O3S. The third-order valence-corrected chi connectivity index (χ3v) is 6.27. The lowest BCUT2D eigenvalue weighted by Gasteiger charge is -2.31. The minimum atomic E-state index is -3.21. The summed E-state index contributed by atoms with van der Waals surface area (Å²) in [5.74, 6) is 0.0446. The summed E-state index contributed by atoms with van der Waals surface area (Å²) in [6.45, 7) is 2.88. The van der Waals surface area contributed by atoms with Gasteiger partial charge in [0.25, 0.3) is 0 Å². The molecule has 3 rings (SSSR count). The van der Waals surface area contributed by atoms with Gasteiger partial charge in [-0.25, -0.2) is 8.42 Å². The molecule has 0 unspecified atom stereocenters. The van der Waals surface area contributed by atoms with Gasteiger partial charge in [-0.05, 0) is 38.9 Å². The van der Waals surface area contributed by atoms with E-state index in [4.69, 9.17) is 0 Å². The Hall–Kier alpha value is -1.45. The third-order valence-electron chi connectivity index (χ3n) is 5.02. The van der Waals surface area contributed by atoms with Crippen molar-refractivity contribution in [3.05, 3.63) is 17.5 Å². The lowest BCUT2D eigenvalue weighted by molar-refractivity contribution is -0.127. The molecule has 0 aliphatic carbocycles. The van der Waals surface area contributed by atoms with Crippen LogP contribution in [0, 0.1) is 0 Å². The SMILES string of the molecule is CN1CCCC[C@@H]1C(=O)NCc1cc2n(n1)CCCN(S(C)(=O)=O)C2. The Morgan fingerprint density at radius 2 is 2.08 bits per heavy atom. The van der Waals surface area contributed by atoms with E-state index in [1.165, 1.54) is 10.6 Å². The number of piperidine rings is 1. The second-order valence-electron chi connectivity index (χ2n) is 7.01. The first-order valence-electron chi connectivity index (χ1n) is 8.83. The normalized spacial score (nSPS) is 23.0. The maximum atomic E-state index is 12.4. The first kappa shape index (κ1) is 18.3. The van der Waals surface area contributed by atoms with Gasteiger partial charge in [0.1, 0.15) is 0 Å². The predicted octanol–water partition coefficient (Wildman–Crippen LogP) is 0.149. The molecule has 9 heteroatoms. The third kappa shape index (κ3) is 4.39. The first-order chi connectivity index (χ1) is 11.8. The maximum absolute atomic E-state index is 12.4. The van der Waals surface area contributed by atoms with Crippen LogP contribution >= 0.6 is 0 Å².